The first-order chi connectivity index (χ1) is 10.0. The first-order valence-corrected chi connectivity index (χ1v) is 8.50. The zero-order chi connectivity index (χ0) is 15.5. The predicted molar refractivity (Wildman–Crippen MR) is 85.1 cm³/mol. The molecule has 7 heteroatoms. The first-order valence-electron chi connectivity index (χ1n) is 6.27. The van der Waals surface area contributed by atoms with Crippen LogP contribution in [0.4, 0.5) is 5.69 Å². The molecule has 0 atom stereocenters. The number of nitrogens with zero attached hydrogens (tertiary/aromatic N) is 2. The van der Waals surface area contributed by atoms with E-state index in [1.807, 2.05) is 0 Å². The molecule has 0 fully saturated rings. The Labute approximate surface area is 132 Å². The number of pyridine rings is 1. The number of rotatable bonds is 5. The molecule has 0 aliphatic rings. The highest BCUT2D eigenvalue weighted by molar-refractivity contribution is 9.10. The Morgan fingerprint density at radius 1 is 1.24 bits per heavy atom. The van der Waals surface area contributed by atoms with Gasteiger partial charge in [-0.1, -0.05) is 15.9 Å². The minimum atomic E-state index is -3.72. The SMILES string of the molecule is CCN(c1ccncc1)S(=O)(=O)c1cc(Br)ccc1OC. The molecule has 0 N–H and O–H groups in total. The van der Waals surface area contributed by atoms with Gasteiger partial charge in [0.1, 0.15) is 10.6 Å². The molecule has 5 nitrogen and oxygen atoms in total. The molecule has 0 saturated carbocycles. The van der Waals surface area contributed by atoms with Gasteiger partial charge in [0.2, 0.25) is 0 Å². The van der Waals surface area contributed by atoms with Crippen molar-refractivity contribution >= 4 is 31.6 Å². The topological polar surface area (TPSA) is 59.5 Å². The van der Waals surface area contributed by atoms with Gasteiger partial charge in [-0.25, -0.2) is 8.42 Å². The molecule has 0 radical (unpaired) electrons. The second-order valence-corrected chi connectivity index (χ2v) is 6.92. The largest absolute Gasteiger partial charge is 0.495 e. The van der Waals surface area contributed by atoms with Crippen LogP contribution >= 0.6 is 15.9 Å². The molecule has 1 aromatic carbocycles. The van der Waals surface area contributed by atoms with Crippen molar-refractivity contribution in [2.75, 3.05) is 18.0 Å². The summed E-state index contributed by atoms with van der Waals surface area (Å²) in [6.07, 6.45) is 3.12. The zero-order valence-electron chi connectivity index (χ0n) is 11.7. The van der Waals surface area contributed by atoms with E-state index in [2.05, 4.69) is 20.9 Å². The van der Waals surface area contributed by atoms with E-state index < -0.39 is 10.0 Å². The summed E-state index contributed by atoms with van der Waals surface area (Å²) >= 11 is 3.30. The molecule has 0 unspecified atom stereocenters. The van der Waals surface area contributed by atoms with Crippen molar-refractivity contribution < 1.29 is 13.2 Å². The zero-order valence-corrected chi connectivity index (χ0v) is 14.1. The van der Waals surface area contributed by atoms with E-state index in [9.17, 15) is 8.42 Å². The molecule has 1 heterocycles. The van der Waals surface area contributed by atoms with Gasteiger partial charge in [-0.2, -0.15) is 0 Å². The van der Waals surface area contributed by atoms with Gasteiger partial charge < -0.3 is 4.74 Å². The number of benzene rings is 1. The lowest BCUT2D eigenvalue weighted by atomic mass is 10.3. The summed E-state index contributed by atoms with van der Waals surface area (Å²) in [5.74, 6) is 0.311. The Morgan fingerprint density at radius 3 is 2.48 bits per heavy atom. The van der Waals surface area contributed by atoms with E-state index in [-0.39, 0.29) is 4.90 Å². The fourth-order valence-corrected chi connectivity index (χ4v) is 4.14. The van der Waals surface area contributed by atoms with Crippen LogP contribution in [0.25, 0.3) is 0 Å². The van der Waals surface area contributed by atoms with Crippen molar-refractivity contribution in [1.82, 2.24) is 4.98 Å². The lowest BCUT2D eigenvalue weighted by molar-refractivity contribution is 0.402. The van der Waals surface area contributed by atoms with Crippen LogP contribution in [0.5, 0.6) is 5.75 Å². The highest BCUT2D eigenvalue weighted by Gasteiger charge is 2.27. The molecule has 0 saturated heterocycles. The van der Waals surface area contributed by atoms with Crippen molar-refractivity contribution in [2.24, 2.45) is 0 Å². The second-order valence-electron chi connectivity index (χ2n) is 4.17. The van der Waals surface area contributed by atoms with Crippen molar-refractivity contribution in [3.05, 3.63) is 47.2 Å². The van der Waals surface area contributed by atoms with Crippen LogP contribution in [-0.2, 0) is 10.0 Å². The normalized spacial score (nSPS) is 11.2. The van der Waals surface area contributed by atoms with Crippen LogP contribution in [0.1, 0.15) is 6.92 Å². The minimum Gasteiger partial charge on any atom is -0.495 e. The monoisotopic (exact) mass is 370 g/mol. The molecule has 0 aliphatic carbocycles. The van der Waals surface area contributed by atoms with Crippen LogP contribution in [0, 0.1) is 0 Å². The molecule has 0 amide bonds. The van der Waals surface area contributed by atoms with Gasteiger partial charge in [-0.3, -0.25) is 9.29 Å². The maximum Gasteiger partial charge on any atom is 0.268 e. The summed E-state index contributed by atoms with van der Waals surface area (Å²) in [5, 5.41) is 0. The summed E-state index contributed by atoms with van der Waals surface area (Å²) in [6, 6.07) is 8.22. The van der Waals surface area contributed by atoms with E-state index in [0.717, 1.165) is 0 Å². The first kappa shape index (κ1) is 15.8. The highest BCUT2D eigenvalue weighted by Crippen LogP contribution is 2.31. The van der Waals surface area contributed by atoms with Gasteiger partial charge in [0.05, 0.1) is 12.8 Å². The van der Waals surface area contributed by atoms with Crippen LogP contribution in [-0.4, -0.2) is 27.1 Å². The number of methoxy groups -OCH3 is 1. The third-order valence-electron chi connectivity index (χ3n) is 2.93. The molecule has 0 aliphatic heterocycles. The van der Waals surface area contributed by atoms with E-state index in [0.29, 0.717) is 22.5 Å². The third kappa shape index (κ3) is 3.19. The van der Waals surface area contributed by atoms with Gasteiger partial charge in [-0.05, 0) is 37.3 Å². The standard InChI is InChI=1S/C14H15BrN2O3S/c1-3-17(12-6-8-16-9-7-12)21(18,19)14-10-11(15)4-5-13(14)20-2/h4-10H,3H2,1-2H3. The molecule has 21 heavy (non-hydrogen) atoms. The Hall–Kier alpha value is -1.60. The van der Waals surface area contributed by atoms with E-state index in [1.54, 1.807) is 43.6 Å². The number of anilines is 1. The van der Waals surface area contributed by atoms with Crippen LogP contribution < -0.4 is 9.04 Å². The fraction of sp³-hybridized carbons (Fsp3) is 0.214. The third-order valence-corrected chi connectivity index (χ3v) is 5.35. The maximum atomic E-state index is 12.9. The van der Waals surface area contributed by atoms with Crippen LogP contribution in [0.15, 0.2) is 52.1 Å². The van der Waals surface area contributed by atoms with Crippen molar-refractivity contribution in [2.45, 2.75) is 11.8 Å². The summed E-state index contributed by atoms with van der Waals surface area (Å²) in [5.41, 5.74) is 0.564. The lowest BCUT2D eigenvalue weighted by Gasteiger charge is -2.23. The van der Waals surface area contributed by atoms with Gasteiger partial charge in [0, 0.05) is 23.4 Å². The fourth-order valence-electron chi connectivity index (χ4n) is 1.97. The average molecular weight is 371 g/mol. The minimum absolute atomic E-state index is 0.123. The highest BCUT2D eigenvalue weighted by atomic mass is 79.9. The van der Waals surface area contributed by atoms with Crippen LogP contribution in [0.2, 0.25) is 0 Å². The lowest BCUT2D eigenvalue weighted by Crippen LogP contribution is -2.31. The number of ether oxygens (including phenoxy) is 1. The van der Waals surface area contributed by atoms with E-state index in [4.69, 9.17) is 4.74 Å². The number of sulfonamides is 1. The molecule has 0 spiro atoms. The quantitative estimate of drug-likeness (QED) is 0.811. The van der Waals surface area contributed by atoms with E-state index in [1.165, 1.54) is 17.5 Å². The summed E-state index contributed by atoms with van der Waals surface area (Å²) in [6.45, 7) is 2.09. The molecule has 112 valence electrons. The number of hydrogen-bond acceptors (Lipinski definition) is 4. The molecular weight excluding hydrogens is 356 g/mol. The Bertz CT molecular complexity index is 720. The molecule has 0 bridgehead atoms. The van der Waals surface area contributed by atoms with Gasteiger partial charge >= 0.3 is 0 Å². The Kier molecular flexibility index (Phi) is 4.84. The smallest absolute Gasteiger partial charge is 0.268 e. The molecule has 2 aromatic rings. The van der Waals surface area contributed by atoms with Crippen LogP contribution in [0.3, 0.4) is 0 Å². The van der Waals surface area contributed by atoms with Crippen molar-refractivity contribution in [3.63, 3.8) is 0 Å². The maximum absolute atomic E-state index is 12.9. The second kappa shape index (κ2) is 6.44. The van der Waals surface area contributed by atoms with E-state index >= 15 is 0 Å². The summed E-state index contributed by atoms with van der Waals surface area (Å²) in [7, 11) is -2.27. The van der Waals surface area contributed by atoms with Gasteiger partial charge in [-0.15, -0.1) is 0 Å². The number of halogens is 1. The predicted octanol–water partition coefficient (Wildman–Crippen LogP) is 3.07. The van der Waals surface area contributed by atoms with Gasteiger partial charge in [0.25, 0.3) is 10.0 Å². The van der Waals surface area contributed by atoms with Crippen molar-refractivity contribution in [3.8, 4) is 5.75 Å². The Morgan fingerprint density at radius 2 is 1.90 bits per heavy atom. The Balaban J connectivity index is 2.58. The molecule has 2 rings (SSSR count). The number of aromatic nitrogens is 1. The molecule has 1 aromatic heterocycles. The average Bonchev–Trinajstić information content (AvgIpc) is 2.49. The molecular formula is C14H15BrN2O3S. The number of hydrogen-bond donors (Lipinski definition) is 0. The summed E-state index contributed by atoms with van der Waals surface area (Å²) in [4.78, 5) is 4.03. The van der Waals surface area contributed by atoms with Crippen molar-refractivity contribution in [1.29, 1.82) is 0 Å². The van der Waals surface area contributed by atoms with Gasteiger partial charge in [0.15, 0.2) is 0 Å². The summed E-state index contributed by atoms with van der Waals surface area (Å²) < 4.78 is 33.0.